The Balaban J connectivity index is 3.03. The summed E-state index contributed by atoms with van der Waals surface area (Å²) in [5.74, 6) is -1.99. The molecule has 0 aliphatic carbocycles. The van der Waals surface area contributed by atoms with Crippen molar-refractivity contribution in [2.75, 3.05) is 0 Å². The molecule has 0 aliphatic rings. The zero-order chi connectivity index (χ0) is 12.9. The van der Waals surface area contributed by atoms with E-state index in [9.17, 15) is 14.7 Å². The molecule has 0 saturated heterocycles. The van der Waals surface area contributed by atoms with Crippen LogP contribution in [0.4, 0.5) is 0 Å². The first-order chi connectivity index (χ1) is 7.97. The van der Waals surface area contributed by atoms with Crippen molar-refractivity contribution in [2.45, 2.75) is 18.8 Å². The fraction of sp³-hybridized carbons (Fsp3) is 0.231. The molecule has 1 atom stereocenters. The molecule has 0 aromatic heterocycles. The van der Waals surface area contributed by atoms with Crippen LogP contribution in [0.2, 0.25) is 0 Å². The molecular formula is C13H14O4. The lowest BCUT2D eigenvalue weighted by atomic mass is 9.82. The van der Waals surface area contributed by atoms with Gasteiger partial charge < -0.3 is 10.2 Å². The third-order valence-electron chi connectivity index (χ3n) is 2.56. The molecule has 1 aromatic carbocycles. The predicted molar refractivity (Wildman–Crippen MR) is 62.8 cm³/mol. The van der Waals surface area contributed by atoms with Crippen LogP contribution in [-0.4, -0.2) is 22.2 Å². The minimum atomic E-state index is -1.20. The van der Waals surface area contributed by atoms with Gasteiger partial charge in [-0.25, -0.2) is 0 Å². The van der Waals surface area contributed by atoms with E-state index in [2.05, 4.69) is 0 Å². The fourth-order valence-corrected chi connectivity index (χ4v) is 1.47. The van der Waals surface area contributed by atoms with Crippen LogP contribution in [-0.2, 0) is 15.0 Å². The first kappa shape index (κ1) is 13.0. The molecule has 1 aromatic rings. The van der Waals surface area contributed by atoms with Crippen LogP contribution in [0.25, 0.3) is 0 Å². The van der Waals surface area contributed by atoms with Crippen molar-refractivity contribution < 1.29 is 19.8 Å². The van der Waals surface area contributed by atoms with Crippen LogP contribution in [0, 0.1) is 0 Å². The molecule has 0 fully saturated rings. The van der Waals surface area contributed by atoms with Crippen molar-refractivity contribution in [3.8, 4) is 0 Å². The van der Waals surface area contributed by atoms with Gasteiger partial charge >= 0.3 is 11.9 Å². The highest BCUT2D eigenvalue weighted by Crippen LogP contribution is 2.25. The zero-order valence-corrected chi connectivity index (χ0v) is 9.46. The number of hydrogen-bond donors (Lipinski definition) is 2. The molecule has 0 spiro atoms. The summed E-state index contributed by atoms with van der Waals surface area (Å²) in [6.45, 7) is 1.54. The van der Waals surface area contributed by atoms with Crippen molar-refractivity contribution in [3.63, 3.8) is 0 Å². The number of hydrogen-bond acceptors (Lipinski definition) is 2. The topological polar surface area (TPSA) is 74.6 Å². The highest BCUT2D eigenvalue weighted by atomic mass is 16.4. The minimum Gasteiger partial charge on any atom is -0.481 e. The fourth-order valence-electron chi connectivity index (χ4n) is 1.47. The molecule has 1 rings (SSSR count). The third-order valence-corrected chi connectivity index (χ3v) is 2.56. The van der Waals surface area contributed by atoms with Crippen LogP contribution in [0.1, 0.15) is 18.9 Å². The van der Waals surface area contributed by atoms with E-state index in [1.807, 2.05) is 0 Å². The van der Waals surface area contributed by atoms with Crippen molar-refractivity contribution in [2.24, 2.45) is 0 Å². The van der Waals surface area contributed by atoms with E-state index in [0.29, 0.717) is 5.56 Å². The summed E-state index contributed by atoms with van der Waals surface area (Å²) >= 11 is 0. The van der Waals surface area contributed by atoms with Crippen LogP contribution in [0.15, 0.2) is 42.5 Å². The maximum absolute atomic E-state index is 11.3. The van der Waals surface area contributed by atoms with Gasteiger partial charge in [0.1, 0.15) is 5.41 Å². The lowest BCUT2D eigenvalue weighted by Crippen LogP contribution is -2.30. The Hall–Kier alpha value is -2.10. The Labute approximate surface area is 99.2 Å². The van der Waals surface area contributed by atoms with E-state index in [1.165, 1.54) is 12.2 Å². The molecule has 0 radical (unpaired) electrons. The summed E-state index contributed by atoms with van der Waals surface area (Å²) in [6.07, 6.45) is 2.60. The smallest absolute Gasteiger partial charge is 0.317 e. The van der Waals surface area contributed by atoms with Crippen molar-refractivity contribution in [3.05, 3.63) is 48.0 Å². The first-order valence-corrected chi connectivity index (χ1v) is 5.15. The number of aliphatic carboxylic acids is 2. The molecule has 0 amide bonds. The largest absolute Gasteiger partial charge is 0.481 e. The Morgan fingerprint density at radius 1 is 1.24 bits per heavy atom. The second-order valence-corrected chi connectivity index (χ2v) is 3.87. The van der Waals surface area contributed by atoms with Gasteiger partial charge in [0, 0.05) is 0 Å². The summed E-state index contributed by atoms with van der Waals surface area (Å²) in [7, 11) is 0. The van der Waals surface area contributed by atoms with Gasteiger partial charge in [-0.05, 0) is 12.5 Å². The second-order valence-electron chi connectivity index (χ2n) is 3.87. The Morgan fingerprint density at radius 2 is 1.82 bits per heavy atom. The van der Waals surface area contributed by atoms with Gasteiger partial charge in [-0.15, -0.1) is 0 Å². The van der Waals surface area contributed by atoms with E-state index >= 15 is 0 Å². The lowest BCUT2D eigenvalue weighted by Gasteiger charge is -2.21. The molecule has 0 bridgehead atoms. The van der Waals surface area contributed by atoms with Gasteiger partial charge in [-0.1, -0.05) is 42.5 Å². The van der Waals surface area contributed by atoms with Crippen LogP contribution >= 0.6 is 0 Å². The lowest BCUT2D eigenvalue weighted by molar-refractivity contribution is -0.141. The predicted octanol–water partition coefficient (Wildman–Crippen LogP) is 2.06. The van der Waals surface area contributed by atoms with Crippen molar-refractivity contribution in [1.82, 2.24) is 0 Å². The molecule has 0 saturated carbocycles. The number of carboxylic acids is 2. The Kier molecular flexibility index (Phi) is 4.04. The Bertz CT molecular complexity index is 436. The summed E-state index contributed by atoms with van der Waals surface area (Å²) in [5.41, 5.74) is -0.578. The molecule has 0 aliphatic heterocycles. The molecular weight excluding hydrogens is 220 g/mol. The summed E-state index contributed by atoms with van der Waals surface area (Å²) in [6, 6.07) is 8.72. The van der Waals surface area contributed by atoms with Gasteiger partial charge in [0.25, 0.3) is 0 Å². The molecule has 0 heterocycles. The number of carbonyl (C=O) groups is 2. The first-order valence-electron chi connectivity index (χ1n) is 5.15. The molecule has 4 heteroatoms. The van der Waals surface area contributed by atoms with E-state index in [1.54, 1.807) is 37.3 Å². The Morgan fingerprint density at radius 3 is 2.29 bits per heavy atom. The highest BCUT2D eigenvalue weighted by molar-refractivity contribution is 5.83. The van der Waals surface area contributed by atoms with Crippen molar-refractivity contribution in [1.29, 1.82) is 0 Å². The van der Waals surface area contributed by atoms with Crippen LogP contribution in [0.3, 0.4) is 0 Å². The summed E-state index contributed by atoms with van der Waals surface area (Å²) < 4.78 is 0. The second kappa shape index (κ2) is 5.30. The SMILES string of the molecule is CC(/C=C/CC(=O)O)(C(=O)O)c1ccccc1. The molecule has 4 nitrogen and oxygen atoms in total. The quantitative estimate of drug-likeness (QED) is 0.765. The van der Waals surface area contributed by atoms with Gasteiger partial charge in [0.2, 0.25) is 0 Å². The van der Waals surface area contributed by atoms with E-state index in [0.717, 1.165) is 0 Å². The average Bonchev–Trinajstić information content (AvgIpc) is 2.29. The molecule has 1 unspecified atom stereocenters. The number of rotatable bonds is 5. The molecule has 90 valence electrons. The van der Waals surface area contributed by atoms with Gasteiger partial charge in [0.15, 0.2) is 0 Å². The van der Waals surface area contributed by atoms with Gasteiger partial charge in [-0.2, -0.15) is 0 Å². The highest BCUT2D eigenvalue weighted by Gasteiger charge is 2.31. The zero-order valence-electron chi connectivity index (χ0n) is 9.46. The maximum atomic E-state index is 11.3. The van der Waals surface area contributed by atoms with Crippen LogP contribution < -0.4 is 0 Å². The standard InChI is InChI=1S/C13H14O4/c1-13(12(16)17,9-5-8-11(14)15)10-6-3-2-4-7-10/h2-7,9H,8H2,1H3,(H,14,15)(H,16,17)/b9-5+. The van der Waals surface area contributed by atoms with Gasteiger partial charge in [-0.3, -0.25) is 9.59 Å². The van der Waals surface area contributed by atoms with Crippen LogP contribution in [0.5, 0.6) is 0 Å². The van der Waals surface area contributed by atoms with E-state index in [-0.39, 0.29) is 6.42 Å². The summed E-state index contributed by atoms with van der Waals surface area (Å²) in [5, 5.41) is 17.8. The van der Waals surface area contributed by atoms with E-state index < -0.39 is 17.4 Å². The minimum absolute atomic E-state index is 0.185. The number of carboxylic acid groups (broad SMARTS) is 2. The van der Waals surface area contributed by atoms with Gasteiger partial charge in [0.05, 0.1) is 6.42 Å². The maximum Gasteiger partial charge on any atom is 0.317 e. The molecule has 2 N–H and O–H groups in total. The average molecular weight is 234 g/mol. The number of benzene rings is 1. The summed E-state index contributed by atoms with van der Waals surface area (Å²) in [4.78, 5) is 21.7. The van der Waals surface area contributed by atoms with Crippen molar-refractivity contribution >= 4 is 11.9 Å². The molecule has 17 heavy (non-hydrogen) atoms. The monoisotopic (exact) mass is 234 g/mol. The van der Waals surface area contributed by atoms with E-state index in [4.69, 9.17) is 5.11 Å². The third kappa shape index (κ3) is 3.17. The normalized spacial score (nSPS) is 14.4.